The first kappa shape index (κ1) is 23.5. The third-order valence-corrected chi connectivity index (χ3v) is 6.16. The van der Waals surface area contributed by atoms with Crippen molar-refractivity contribution in [2.24, 2.45) is 0 Å². The van der Waals surface area contributed by atoms with E-state index in [4.69, 9.17) is 4.74 Å². The maximum absolute atomic E-state index is 14.1. The number of esters is 1. The highest BCUT2D eigenvalue weighted by atomic mass is 16.6. The maximum Gasteiger partial charge on any atom is 0.304 e. The molecule has 176 valence electrons. The van der Waals surface area contributed by atoms with E-state index in [2.05, 4.69) is 15.5 Å². The van der Waals surface area contributed by atoms with Gasteiger partial charge in [-0.1, -0.05) is 60.7 Å². The molecule has 3 aromatic rings. The number of carbonyl (C=O) groups is 2. The molecule has 0 aliphatic carbocycles. The normalized spacial score (nSPS) is 20.4. The summed E-state index contributed by atoms with van der Waals surface area (Å²) in [5.74, 6) is -0.630. The van der Waals surface area contributed by atoms with Crippen LogP contribution in [0.25, 0.3) is 0 Å². The largest absolute Gasteiger partial charge is 0.834 e. The molecule has 0 saturated carbocycles. The lowest BCUT2D eigenvalue weighted by molar-refractivity contribution is -0.909. The number of anilines is 1. The van der Waals surface area contributed by atoms with Crippen molar-refractivity contribution in [1.82, 2.24) is 10.2 Å². The first-order chi connectivity index (χ1) is 16.4. The Hall–Kier alpha value is -3.62. The van der Waals surface area contributed by atoms with Crippen molar-refractivity contribution >= 4 is 17.7 Å². The molecule has 0 radical (unpaired) electrons. The topological polar surface area (TPSA) is 104 Å². The van der Waals surface area contributed by atoms with E-state index in [1.165, 1.54) is 6.20 Å². The van der Waals surface area contributed by atoms with Gasteiger partial charge in [-0.2, -0.15) is 5.10 Å². The van der Waals surface area contributed by atoms with Gasteiger partial charge in [0.1, 0.15) is 6.54 Å². The van der Waals surface area contributed by atoms with Crippen molar-refractivity contribution in [1.29, 1.82) is 0 Å². The average molecular weight is 461 g/mol. The summed E-state index contributed by atoms with van der Waals surface area (Å²) >= 11 is 0. The lowest BCUT2D eigenvalue weighted by Crippen LogP contribution is -2.58. The monoisotopic (exact) mass is 460 g/mol. The number of ether oxygens (including phenoxy) is 1. The summed E-state index contributed by atoms with van der Waals surface area (Å²) in [7, 11) is 1.95. The number of likely N-dealkylation sites (tertiary alicyclic amines) is 1. The Morgan fingerprint density at radius 2 is 1.71 bits per heavy atom. The SMILES string of the molecule is C[N@@+]1(CC(=O)Nc2cccnn2)CCCC(OC(=O)C([O-])(c2ccccc2)c2ccccc2)C1. The van der Waals surface area contributed by atoms with Crippen LogP contribution in [0.4, 0.5) is 5.82 Å². The van der Waals surface area contributed by atoms with Gasteiger partial charge in [0, 0.05) is 18.2 Å². The predicted octanol–water partition coefficient (Wildman–Crippen LogP) is 1.87. The van der Waals surface area contributed by atoms with Crippen LogP contribution in [0.3, 0.4) is 0 Å². The Labute approximate surface area is 198 Å². The summed E-state index contributed by atoms with van der Waals surface area (Å²) in [5, 5.41) is 24.5. The molecule has 1 unspecified atom stereocenters. The zero-order valence-corrected chi connectivity index (χ0v) is 19.1. The Bertz CT molecular complexity index is 1070. The number of hydrogen-bond donors (Lipinski definition) is 1. The minimum Gasteiger partial charge on any atom is -0.834 e. The number of nitrogens with one attached hydrogen (secondary N) is 1. The standard InChI is InChI=1S/C26H28N4O4/c1-30(19-24(31)28-23-15-8-16-27-29-23)17-9-14-22(18-30)34-25(32)26(33,20-10-4-2-5-11-20)21-12-6-3-7-13-21/h2-8,10-13,15-16,22H,9,14,17-19H2,1H3,(H,28,29,31)/t22?,30-/m1/s1. The van der Waals surface area contributed by atoms with Gasteiger partial charge in [-0.05, 0) is 29.7 Å². The molecule has 1 aliphatic heterocycles. The Kier molecular flexibility index (Phi) is 7.00. The summed E-state index contributed by atoms with van der Waals surface area (Å²) < 4.78 is 6.23. The highest BCUT2D eigenvalue weighted by molar-refractivity contribution is 5.90. The first-order valence-electron chi connectivity index (χ1n) is 11.3. The van der Waals surface area contributed by atoms with Gasteiger partial charge in [-0.3, -0.25) is 9.59 Å². The summed E-state index contributed by atoms with van der Waals surface area (Å²) in [6, 6.07) is 20.5. The van der Waals surface area contributed by atoms with E-state index in [1.807, 2.05) is 7.05 Å². The molecule has 0 bridgehead atoms. The van der Waals surface area contributed by atoms with E-state index >= 15 is 0 Å². The van der Waals surface area contributed by atoms with Gasteiger partial charge in [0.2, 0.25) is 0 Å². The van der Waals surface area contributed by atoms with Gasteiger partial charge in [-0.25, -0.2) is 0 Å². The fraction of sp³-hybridized carbons (Fsp3) is 0.308. The number of hydrogen-bond acceptors (Lipinski definition) is 6. The number of aromatic nitrogens is 2. The van der Waals surface area contributed by atoms with Crippen LogP contribution in [-0.4, -0.2) is 59.3 Å². The van der Waals surface area contributed by atoms with E-state index < -0.39 is 17.7 Å². The molecule has 1 amide bonds. The van der Waals surface area contributed by atoms with Crippen LogP contribution in [0.5, 0.6) is 0 Å². The Morgan fingerprint density at radius 3 is 2.29 bits per heavy atom. The van der Waals surface area contributed by atoms with Crippen LogP contribution in [-0.2, 0) is 19.9 Å². The molecular formula is C26H28N4O4. The number of likely N-dealkylation sites (N-methyl/N-ethyl adjacent to an activating group) is 1. The molecule has 2 atom stereocenters. The number of quaternary nitrogens is 1. The fourth-order valence-corrected chi connectivity index (χ4v) is 4.49. The number of amides is 1. The van der Waals surface area contributed by atoms with Crippen molar-refractivity contribution in [3.05, 3.63) is 90.1 Å². The van der Waals surface area contributed by atoms with Gasteiger partial charge in [0.15, 0.2) is 18.5 Å². The quantitative estimate of drug-likeness (QED) is 0.426. The minimum atomic E-state index is -2.17. The highest BCUT2D eigenvalue weighted by Crippen LogP contribution is 2.30. The first-order valence-corrected chi connectivity index (χ1v) is 11.3. The molecule has 34 heavy (non-hydrogen) atoms. The molecule has 8 heteroatoms. The van der Waals surface area contributed by atoms with Crippen molar-refractivity contribution < 1.29 is 23.9 Å². The minimum absolute atomic E-state index is 0.193. The van der Waals surface area contributed by atoms with E-state index in [9.17, 15) is 14.7 Å². The zero-order valence-electron chi connectivity index (χ0n) is 19.1. The molecule has 1 saturated heterocycles. The number of benzene rings is 2. The second-order valence-corrected chi connectivity index (χ2v) is 8.92. The molecule has 0 spiro atoms. The molecule has 1 fully saturated rings. The number of piperidine rings is 1. The summed E-state index contributed by atoms with van der Waals surface area (Å²) in [6.07, 6.45) is 2.49. The van der Waals surface area contributed by atoms with Gasteiger partial charge >= 0.3 is 5.97 Å². The lowest BCUT2D eigenvalue weighted by Gasteiger charge is -2.43. The third-order valence-electron chi connectivity index (χ3n) is 6.16. The van der Waals surface area contributed by atoms with Crippen molar-refractivity contribution in [2.45, 2.75) is 24.5 Å². The Balaban J connectivity index is 1.47. The summed E-state index contributed by atoms with van der Waals surface area (Å²) in [5.41, 5.74) is -1.50. The van der Waals surface area contributed by atoms with Crippen molar-refractivity contribution in [3.8, 4) is 0 Å². The van der Waals surface area contributed by atoms with Gasteiger partial charge in [0.25, 0.3) is 5.91 Å². The smallest absolute Gasteiger partial charge is 0.304 e. The number of nitrogens with zero attached hydrogens (tertiary/aromatic N) is 3. The maximum atomic E-state index is 14.1. The highest BCUT2D eigenvalue weighted by Gasteiger charge is 2.38. The molecule has 8 nitrogen and oxygen atoms in total. The summed E-state index contributed by atoms with van der Waals surface area (Å²) in [4.78, 5) is 26.0. The molecule has 4 rings (SSSR count). The van der Waals surface area contributed by atoms with Crippen LogP contribution in [0.1, 0.15) is 24.0 Å². The number of carbonyl (C=O) groups excluding carboxylic acids is 2. The van der Waals surface area contributed by atoms with Gasteiger partial charge in [0.05, 0.1) is 13.6 Å². The van der Waals surface area contributed by atoms with Crippen LogP contribution in [0.2, 0.25) is 0 Å². The van der Waals surface area contributed by atoms with Crippen LogP contribution < -0.4 is 10.4 Å². The number of rotatable bonds is 7. The average Bonchev–Trinajstić information content (AvgIpc) is 2.85. The fourth-order valence-electron chi connectivity index (χ4n) is 4.49. The second kappa shape index (κ2) is 10.1. The van der Waals surface area contributed by atoms with Crippen LogP contribution in [0, 0.1) is 0 Å². The lowest BCUT2D eigenvalue weighted by atomic mass is 9.86. The van der Waals surface area contributed by atoms with Crippen molar-refractivity contribution in [3.63, 3.8) is 0 Å². The van der Waals surface area contributed by atoms with Gasteiger partial charge in [-0.15, -0.1) is 5.10 Å². The third kappa shape index (κ3) is 5.30. The molecular weight excluding hydrogens is 432 g/mol. The zero-order chi connectivity index (χ0) is 24.0. The molecule has 1 N–H and O–H groups in total. The molecule has 2 aromatic carbocycles. The molecule has 1 aromatic heterocycles. The van der Waals surface area contributed by atoms with E-state index in [0.29, 0.717) is 34.4 Å². The Morgan fingerprint density at radius 1 is 1.06 bits per heavy atom. The molecule has 1 aliphatic rings. The van der Waals surface area contributed by atoms with E-state index in [1.54, 1.807) is 72.8 Å². The van der Waals surface area contributed by atoms with Gasteiger partial charge < -0.3 is 19.6 Å². The van der Waals surface area contributed by atoms with E-state index in [-0.39, 0.29) is 12.5 Å². The van der Waals surface area contributed by atoms with E-state index in [0.717, 1.165) is 13.0 Å². The van der Waals surface area contributed by atoms with Crippen molar-refractivity contribution in [2.75, 3.05) is 32.0 Å². The predicted molar refractivity (Wildman–Crippen MR) is 124 cm³/mol. The van der Waals surface area contributed by atoms with Crippen LogP contribution >= 0.6 is 0 Å². The second-order valence-electron chi connectivity index (χ2n) is 8.92. The summed E-state index contributed by atoms with van der Waals surface area (Å²) in [6.45, 7) is 1.41. The molecule has 2 heterocycles. The van der Waals surface area contributed by atoms with Crippen LogP contribution in [0.15, 0.2) is 79.0 Å².